The molecular weight excluding hydrogens is 443 g/mol. The Balaban J connectivity index is 1.99. The van der Waals surface area contributed by atoms with Crippen LogP contribution in [0.2, 0.25) is 0 Å². The fraction of sp³-hybridized carbons (Fsp3) is 0.250. The van der Waals surface area contributed by atoms with E-state index in [0.29, 0.717) is 45.0 Å². The summed E-state index contributed by atoms with van der Waals surface area (Å²) in [4.78, 5) is 0. The van der Waals surface area contributed by atoms with Crippen LogP contribution in [-0.2, 0) is 9.31 Å². The molecule has 0 atom stereocenters. The molecule has 3 aromatic rings. The van der Waals surface area contributed by atoms with Gasteiger partial charge in [-0.25, -0.2) is 0 Å². The first-order valence-corrected chi connectivity index (χ1v) is 11.1. The quantitative estimate of drug-likeness (QED) is 0.202. The second-order valence-corrected chi connectivity index (χ2v) is 9.94. The van der Waals surface area contributed by atoms with Crippen molar-refractivity contribution >= 4 is 58.1 Å². The van der Waals surface area contributed by atoms with Gasteiger partial charge < -0.3 is 55.2 Å². The molecule has 1 aliphatic rings. The highest BCUT2D eigenvalue weighted by Crippen LogP contribution is 2.43. The summed E-state index contributed by atoms with van der Waals surface area (Å²) in [6.07, 6.45) is 0. The molecule has 35 heavy (non-hydrogen) atoms. The molecule has 10 nitrogen and oxygen atoms in total. The SMILES string of the molecule is CC1(C)OB(c2cc(-c3cc(N)c(N)c(N)c3N)cc(-c3cc(N)c(N)c(N)c3N)c2)OC1(C)C. The first kappa shape index (κ1) is 24.2. The van der Waals surface area contributed by atoms with Crippen molar-refractivity contribution in [2.75, 3.05) is 45.9 Å². The van der Waals surface area contributed by atoms with Crippen molar-refractivity contribution in [2.24, 2.45) is 0 Å². The van der Waals surface area contributed by atoms with E-state index in [4.69, 9.17) is 55.2 Å². The van der Waals surface area contributed by atoms with Crippen LogP contribution in [0.5, 0.6) is 0 Å². The minimum atomic E-state index is -0.659. The van der Waals surface area contributed by atoms with Crippen LogP contribution < -0.4 is 51.3 Å². The molecule has 16 N–H and O–H groups in total. The molecule has 4 rings (SSSR count). The number of nitrogens with two attached hydrogens (primary N) is 8. The van der Waals surface area contributed by atoms with Crippen molar-refractivity contribution in [1.82, 2.24) is 0 Å². The summed E-state index contributed by atoms with van der Waals surface area (Å²) in [6.45, 7) is 7.93. The third kappa shape index (κ3) is 3.78. The Kier molecular flexibility index (Phi) is 5.38. The van der Waals surface area contributed by atoms with Gasteiger partial charge in [-0.3, -0.25) is 0 Å². The van der Waals surface area contributed by atoms with E-state index in [0.717, 1.165) is 5.46 Å². The summed E-state index contributed by atoms with van der Waals surface area (Å²) in [5.74, 6) is 0. The second kappa shape index (κ2) is 7.79. The molecule has 1 saturated heterocycles. The highest BCUT2D eigenvalue weighted by molar-refractivity contribution is 6.62. The number of hydrogen-bond acceptors (Lipinski definition) is 10. The fourth-order valence-corrected chi connectivity index (χ4v) is 4.07. The molecule has 0 amide bonds. The number of hydrogen-bond donors (Lipinski definition) is 8. The van der Waals surface area contributed by atoms with Gasteiger partial charge in [0, 0.05) is 11.1 Å². The van der Waals surface area contributed by atoms with Crippen molar-refractivity contribution < 1.29 is 9.31 Å². The van der Waals surface area contributed by atoms with Gasteiger partial charge in [-0.2, -0.15) is 0 Å². The molecule has 0 spiro atoms. The van der Waals surface area contributed by atoms with Gasteiger partial charge in [-0.05, 0) is 62.5 Å². The number of nitrogen functional groups attached to an aromatic ring is 8. The maximum atomic E-state index is 6.36. The lowest BCUT2D eigenvalue weighted by atomic mass is 9.76. The molecule has 1 heterocycles. The first-order chi connectivity index (χ1) is 16.1. The Bertz CT molecular complexity index is 1260. The minimum absolute atomic E-state index is 0.211. The van der Waals surface area contributed by atoms with Gasteiger partial charge in [0.2, 0.25) is 0 Å². The molecule has 0 radical (unpaired) electrons. The van der Waals surface area contributed by atoms with Crippen molar-refractivity contribution in [1.29, 1.82) is 0 Å². The molecule has 1 aliphatic heterocycles. The van der Waals surface area contributed by atoms with Gasteiger partial charge in [0.05, 0.1) is 56.7 Å². The van der Waals surface area contributed by atoms with Gasteiger partial charge in [0.1, 0.15) is 0 Å². The molecule has 0 bridgehead atoms. The highest BCUT2D eigenvalue weighted by Gasteiger charge is 2.51. The third-order valence-corrected chi connectivity index (χ3v) is 7.07. The van der Waals surface area contributed by atoms with Crippen LogP contribution >= 0.6 is 0 Å². The van der Waals surface area contributed by atoms with E-state index in [-0.39, 0.29) is 22.7 Å². The molecule has 3 aromatic carbocycles. The predicted octanol–water partition coefficient (Wildman–Crippen LogP) is 1.98. The van der Waals surface area contributed by atoms with Gasteiger partial charge >= 0.3 is 7.12 Å². The Morgan fingerprint density at radius 1 is 0.514 bits per heavy atom. The zero-order valence-electron chi connectivity index (χ0n) is 20.4. The Hall–Kier alpha value is -3.96. The second-order valence-electron chi connectivity index (χ2n) is 9.94. The summed E-state index contributed by atoms with van der Waals surface area (Å²) in [5.41, 5.74) is 53.6. The van der Waals surface area contributed by atoms with E-state index >= 15 is 0 Å². The van der Waals surface area contributed by atoms with E-state index < -0.39 is 18.3 Å². The summed E-state index contributed by atoms with van der Waals surface area (Å²) >= 11 is 0. The van der Waals surface area contributed by atoms with E-state index in [9.17, 15) is 0 Å². The molecule has 0 aliphatic carbocycles. The van der Waals surface area contributed by atoms with E-state index in [2.05, 4.69) is 0 Å². The standard InChI is InChI=1S/C24H33BN8O2/c1-23(2)24(3,4)35-25(34-23)12-6-10(13-8-15(26)19(30)21(32)17(13)28)5-11(7-12)14-9-16(27)20(31)22(33)18(14)29/h5-9H,26-33H2,1-4H3. The number of anilines is 8. The van der Waals surface area contributed by atoms with Gasteiger partial charge in [-0.1, -0.05) is 12.1 Å². The van der Waals surface area contributed by atoms with Crippen molar-refractivity contribution in [2.45, 2.75) is 38.9 Å². The first-order valence-electron chi connectivity index (χ1n) is 11.1. The van der Waals surface area contributed by atoms with Crippen molar-refractivity contribution in [3.8, 4) is 22.3 Å². The lowest BCUT2D eigenvalue weighted by Crippen LogP contribution is -2.41. The molecule has 0 aromatic heterocycles. The Morgan fingerprint density at radius 2 is 0.886 bits per heavy atom. The fourth-order valence-electron chi connectivity index (χ4n) is 4.07. The molecule has 0 saturated carbocycles. The normalized spacial score (nSPS) is 16.5. The van der Waals surface area contributed by atoms with Crippen LogP contribution in [0.4, 0.5) is 45.5 Å². The Labute approximate surface area is 205 Å². The molecule has 11 heteroatoms. The van der Waals surface area contributed by atoms with Crippen LogP contribution in [0.25, 0.3) is 22.3 Å². The van der Waals surface area contributed by atoms with Gasteiger partial charge in [0.25, 0.3) is 0 Å². The smallest absolute Gasteiger partial charge is 0.399 e. The zero-order valence-corrected chi connectivity index (χ0v) is 20.4. The van der Waals surface area contributed by atoms with Gasteiger partial charge in [-0.15, -0.1) is 0 Å². The van der Waals surface area contributed by atoms with Crippen LogP contribution in [0.15, 0.2) is 30.3 Å². The summed E-state index contributed by atoms with van der Waals surface area (Å²) in [7, 11) is -0.659. The molecular formula is C24H33BN8O2. The lowest BCUT2D eigenvalue weighted by Gasteiger charge is -2.32. The van der Waals surface area contributed by atoms with Crippen molar-refractivity contribution in [3.63, 3.8) is 0 Å². The summed E-state index contributed by atoms with van der Waals surface area (Å²) < 4.78 is 12.6. The van der Waals surface area contributed by atoms with Crippen LogP contribution in [0, 0.1) is 0 Å². The zero-order chi connectivity index (χ0) is 26.0. The van der Waals surface area contributed by atoms with Crippen LogP contribution in [0.1, 0.15) is 27.7 Å². The largest absolute Gasteiger partial charge is 0.494 e. The average Bonchev–Trinajstić information content (AvgIpc) is 3.02. The third-order valence-electron chi connectivity index (χ3n) is 7.07. The van der Waals surface area contributed by atoms with Crippen LogP contribution in [0.3, 0.4) is 0 Å². The molecule has 184 valence electrons. The summed E-state index contributed by atoms with van der Waals surface area (Å²) in [5, 5.41) is 0. The topological polar surface area (TPSA) is 227 Å². The molecule has 1 fully saturated rings. The predicted molar refractivity (Wildman–Crippen MR) is 148 cm³/mol. The van der Waals surface area contributed by atoms with E-state index in [1.165, 1.54) is 0 Å². The van der Waals surface area contributed by atoms with E-state index in [1.54, 1.807) is 12.1 Å². The highest BCUT2D eigenvalue weighted by atomic mass is 16.7. The number of rotatable bonds is 3. The minimum Gasteiger partial charge on any atom is -0.399 e. The maximum Gasteiger partial charge on any atom is 0.494 e. The summed E-state index contributed by atoms with van der Waals surface area (Å²) in [6, 6.07) is 9.07. The van der Waals surface area contributed by atoms with E-state index in [1.807, 2.05) is 45.9 Å². The molecule has 0 unspecified atom stereocenters. The van der Waals surface area contributed by atoms with Crippen molar-refractivity contribution in [3.05, 3.63) is 30.3 Å². The monoisotopic (exact) mass is 476 g/mol. The maximum absolute atomic E-state index is 6.36. The van der Waals surface area contributed by atoms with Gasteiger partial charge in [0.15, 0.2) is 0 Å². The lowest BCUT2D eigenvalue weighted by molar-refractivity contribution is 0.00578. The number of benzene rings is 3. The Morgan fingerprint density at radius 3 is 1.26 bits per heavy atom. The van der Waals surface area contributed by atoms with Crippen LogP contribution in [-0.4, -0.2) is 18.3 Å². The average molecular weight is 476 g/mol.